The van der Waals surface area contributed by atoms with Gasteiger partial charge < -0.3 is 10.5 Å². The Kier molecular flexibility index (Phi) is 3.58. The molecule has 0 unspecified atom stereocenters. The van der Waals surface area contributed by atoms with E-state index in [1.807, 2.05) is 44.4 Å². The van der Waals surface area contributed by atoms with Crippen molar-refractivity contribution >= 4 is 10.8 Å². The van der Waals surface area contributed by atoms with Gasteiger partial charge in [0.2, 0.25) is 0 Å². The van der Waals surface area contributed by atoms with E-state index in [2.05, 4.69) is 22.4 Å². The van der Waals surface area contributed by atoms with Crippen LogP contribution in [-0.2, 0) is 13.7 Å². The van der Waals surface area contributed by atoms with E-state index in [0.29, 0.717) is 6.61 Å². The molecule has 0 radical (unpaired) electrons. The molecule has 1 heterocycles. The minimum atomic E-state index is -0.0912. The van der Waals surface area contributed by atoms with E-state index in [9.17, 15) is 0 Å². The molecule has 0 aliphatic carbocycles. The summed E-state index contributed by atoms with van der Waals surface area (Å²) < 4.78 is 7.68. The highest BCUT2D eigenvalue weighted by Gasteiger charge is 2.13. The van der Waals surface area contributed by atoms with Crippen molar-refractivity contribution in [1.29, 1.82) is 0 Å². The highest BCUT2D eigenvalue weighted by molar-refractivity contribution is 5.89. The van der Waals surface area contributed by atoms with Crippen LogP contribution in [0, 0.1) is 0 Å². The van der Waals surface area contributed by atoms with Gasteiger partial charge in [0, 0.05) is 24.0 Å². The van der Waals surface area contributed by atoms with Crippen LogP contribution in [0.2, 0.25) is 0 Å². The van der Waals surface area contributed by atoms with E-state index in [-0.39, 0.29) is 6.04 Å². The van der Waals surface area contributed by atoms with Gasteiger partial charge in [-0.1, -0.05) is 41.6 Å². The van der Waals surface area contributed by atoms with Crippen molar-refractivity contribution in [1.82, 2.24) is 15.0 Å². The van der Waals surface area contributed by atoms with Gasteiger partial charge >= 0.3 is 0 Å². The normalized spacial score (nSPS) is 12.5. The Labute approximate surface area is 123 Å². The van der Waals surface area contributed by atoms with Crippen LogP contribution in [-0.4, -0.2) is 15.0 Å². The van der Waals surface area contributed by atoms with Crippen LogP contribution in [0.3, 0.4) is 0 Å². The van der Waals surface area contributed by atoms with Gasteiger partial charge in [-0.15, -0.1) is 5.10 Å². The molecule has 108 valence electrons. The van der Waals surface area contributed by atoms with Gasteiger partial charge in [-0.05, 0) is 12.3 Å². The molecular formula is C16H18N4O. The average molecular weight is 282 g/mol. The fourth-order valence-corrected chi connectivity index (χ4v) is 2.39. The van der Waals surface area contributed by atoms with Crippen LogP contribution >= 0.6 is 0 Å². The topological polar surface area (TPSA) is 66.0 Å². The molecule has 2 N–H and O–H groups in total. The summed E-state index contributed by atoms with van der Waals surface area (Å²) >= 11 is 0. The lowest BCUT2D eigenvalue weighted by molar-refractivity contribution is 0.300. The van der Waals surface area contributed by atoms with Crippen molar-refractivity contribution in [3.05, 3.63) is 53.9 Å². The molecule has 0 amide bonds. The average Bonchev–Trinajstić information content (AvgIpc) is 2.90. The molecule has 2 aromatic carbocycles. The maximum atomic E-state index is 6.07. The van der Waals surface area contributed by atoms with E-state index in [4.69, 9.17) is 10.5 Å². The number of fused-ring (bicyclic) bond motifs is 1. The van der Waals surface area contributed by atoms with Gasteiger partial charge in [0.25, 0.3) is 0 Å². The number of rotatable bonds is 4. The third-order valence-electron chi connectivity index (χ3n) is 3.42. The van der Waals surface area contributed by atoms with Gasteiger partial charge in [0.15, 0.2) is 0 Å². The molecule has 1 aromatic heterocycles. The number of aryl methyl sites for hydroxylation is 1. The molecule has 5 heteroatoms. The number of nitrogens with two attached hydrogens (primary N) is 1. The molecule has 21 heavy (non-hydrogen) atoms. The van der Waals surface area contributed by atoms with E-state index < -0.39 is 0 Å². The van der Waals surface area contributed by atoms with Gasteiger partial charge in [-0.25, -0.2) is 0 Å². The molecule has 3 aromatic rings. The first kappa shape index (κ1) is 13.6. The van der Waals surface area contributed by atoms with E-state index in [1.54, 1.807) is 4.68 Å². The smallest absolute Gasteiger partial charge is 0.134 e. The zero-order valence-electron chi connectivity index (χ0n) is 12.2. The minimum Gasteiger partial charge on any atom is -0.486 e. The first-order valence-electron chi connectivity index (χ1n) is 6.90. The summed E-state index contributed by atoms with van der Waals surface area (Å²) in [5.74, 6) is 0.828. The Morgan fingerprint density at radius 3 is 2.76 bits per heavy atom. The quantitative estimate of drug-likeness (QED) is 0.798. The molecule has 3 rings (SSSR count). The highest BCUT2D eigenvalue weighted by atomic mass is 16.5. The Balaban J connectivity index is 1.99. The predicted molar refractivity (Wildman–Crippen MR) is 81.9 cm³/mol. The largest absolute Gasteiger partial charge is 0.486 e. The molecule has 0 aliphatic rings. The molecule has 0 saturated heterocycles. The van der Waals surface area contributed by atoms with Crippen LogP contribution in [0.5, 0.6) is 5.75 Å². The molecule has 0 aliphatic heterocycles. The Morgan fingerprint density at radius 1 is 1.24 bits per heavy atom. The highest BCUT2D eigenvalue weighted by Crippen LogP contribution is 2.33. The second-order valence-electron chi connectivity index (χ2n) is 5.17. The van der Waals surface area contributed by atoms with Crippen molar-refractivity contribution in [3.8, 4) is 5.75 Å². The molecular weight excluding hydrogens is 264 g/mol. The molecule has 5 nitrogen and oxygen atoms in total. The summed E-state index contributed by atoms with van der Waals surface area (Å²) in [6.45, 7) is 2.33. The maximum Gasteiger partial charge on any atom is 0.134 e. The summed E-state index contributed by atoms with van der Waals surface area (Å²) in [5.41, 5.74) is 7.86. The third kappa shape index (κ3) is 2.73. The van der Waals surface area contributed by atoms with Crippen LogP contribution in [0.15, 0.2) is 42.6 Å². The van der Waals surface area contributed by atoms with Gasteiger partial charge in [0.1, 0.15) is 18.1 Å². The summed E-state index contributed by atoms with van der Waals surface area (Å²) in [4.78, 5) is 0. The second-order valence-corrected chi connectivity index (χ2v) is 5.17. The van der Waals surface area contributed by atoms with Crippen LogP contribution in [0.25, 0.3) is 10.8 Å². The van der Waals surface area contributed by atoms with Gasteiger partial charge in [-0.2, -0.15) is 0 Å². The van der Waals surface area contributed by atoms with Crippen molar-refractivity contribution in [2.75, 3.05) is 0 Å². The zero-order valence-corrected chi connectivity index (χ0v) is 12.2. The molecule has 0 bridgehead atoms. The van der Waals surface area contributed by atoms with Gasteiger partial charge in [-0.3, -0.25) is 4.68 Å². The van der Waals surface area contributed by atoms with Crippen LogP contribution < -0.4 is 10.5 Å². The van der Waals surface area contributed by atoms with Crippen molar-refractivity contribution in [3.63, 3.8) is 0 Å². The summed E-state index contributed by atoms with van der Waals surface area (Å²) in [5, 5.41) is 10.2. The molecule has 0 spiro atoms. The van der Waals surface area contributed by atoms with Crippen molar-refractivity contribution in [2.24, 2.45) is 12.8 Å². The summed E-state index contributed by atoms with van der Waals surface area (Å²) in [6, 6.07) is 12.1. The zero-order chi connectivity index (χ0) is 14.8. The summed E-state index contributed by atoms with van der Waals surface area (Å²) in [6.07, 6.45) is 1.84. The van der Waals surface area contributed by atoms with E-state index >= 15 is 0 Å². The SMILES string of the molecule is C[C@@H](N)c1ccc2ccccc2c1OCc1cn(C)nn1. The van der Waals surface area contributed by atoms with Crippen molar-refractivity contribution < 1.29 is 4.74 Å². The number of nitrogens with zero attached hydrogens (tertiary/aromatic N) is 3. The number of hydrogen-bond donors (Lipinski definition) is 1. The lowest BCUT2D eigenvalue weighted by atomic mass is 10.0. The molecule has 0 fully saturated rings. The van der Waals surface area contributed by atoms with E-state index in [0.717, 1.165) is 27.8 Å². The fraction of sp³-hybridized carbons (Fsp3) is 0.250. The lowest BCUT2D eigenvalue weighted by Crippen LogP contribution is -2.08. The van der Waals surface area contributed by atoms with Gasteiger partial charge in [0.05, 0.1) is 6.20 Å². The Hall–Kier alpha value is -2.40. The number of benzene rings is 2. The van der Waals surface area contributed by atoms with Crippen LogP contribution in [0.1, 0.15) is 24.2 Å². The first-order valence-corrected chi connectivity index (χ1v) is 6.90. The van der Waals surface area contributed by atoms with E-state index in [1.165, 1.54) is 0 Å². The first-order chi connectivity index (χ1) is 10.1. The number of aromatic nitrogens is 3. The Morgan fingerprint density at radius 2 is 2.05 bits per heavy atom. The summed E-state index contributed by atoms with van der Waals surface area (Å²) in [7, 11) is 1.84. The maximum absolute atomic E-state index is 6.07. The standard InChI is InChI=1S/C16H18N4O/c1-11(17)14-8-7-12-5-3-4-6-15(12)16(14)21-10-13-9-20(2)19-18-13/h3-9,11H,10,17H2,1-2H3/t11-/m1/s1. The number of hydrogen-bond acceptors (Lipinski definition) is 4. The van der Waals surface area contributed by atoms with Crippen molar-refractivity contribution in [2.45, 2.75) is 19.6 Å². The number of ether oxygens (including phenoxy) is 1. The molecule has 0 saturated carbocycles. The Bertz CT molecular complexity index is 764. The fourth-order valence-electron chi connectivity index (χ4n) is 2.39. The second kappa shape index (κ2) is 5.54. The monoisotopic (exact) mass is 282 g/mol. The third-order valence-corrected chi connectivity index (χ3v) is 3.42. The lowest BCUT2D eigenvalue weighted by Gasteiger charge is -2.16. The predicted octanol–water partition coefficient (Wildman–Crippen LogP) is 2.57. The van der Waals surface area contributed by atoms with Crippen LogP contribution in [0.4, 0.5) is 0 Å². The molecule has 1 atom stereocenters. The minimum absolute atomic E-state index is 0.0912.